The van der Waals surface area contributed by atoms with E-state index in [0.717, 1.165) is 30.3 Å². The fourth-order valence-corrected chi connectivity index (χ4v) is 7.25. The molecule has 4 heterocycles. The van der Waals surface area contributed by atoms with Gasteiger partial charge in [0.1, 0.15) is 66.4 Å². The fourth-order valence-electron chi connectivity index (χ4n) is 7.25. The lowest BCUT2D eigenvalue weighted by atomic mass is 9.97. The zero-order valence-corrected chi connectivity index (χ0v) is 33.9. The van der Waals surface area contributed by atoms with Crippen LogP contribution in [0.15, 0.2) is 69.9 Å². The van der Waals surface area contributed by atoms with E-state index in [0.29, 0.717) is 5.56 Å². The van der Waals surface area contributed by atoms with E-state index in [1.807, 2.05) is 0 Å². The first kappa shape index (κ1) is 47.3. The Labute approximate surface area is 366 Å². The van der Waals surface area contributed by atoms with E-state index in [2.05, 4.69) is 0 Å². The number of phenols is 4. The number of fused-ring (bicyclic) bond motifs is 1. The van der Waals surface area contributed by atoms with Crippen LogP contribution in [0.4, 0.5) is 0 Å². The zero-order valence-electron chi connectivity index (χ0n) is 33.9. The largest absolute Gasteiger partial charge is 0.507 e. The molecular weight excluding hydrogens is 872 g/mol. The molecule has 0 amide bonds. The second kappa shape index (κ2) is 19.8. The Bertz CT molecular complexity index is 2350. The van der Waals surface area contributed by atoms with Crippen molar-refractivity contribution in [3.8, 4) is 57.1 Å². The van der Waals surface area contributed by atoms with Gasteiger partial charge in [-0.3, -0.25) is 4.79 Å². The number of aliphatic hydroxyl groups excluding tert-OH is 8. The molecule has 0 unspecified atom stereocenters. The molecule has 4 aliphatic heterocycles. The standard InChI is InChI=1S/C42H46O23/c1-57-26-8-16(2-5-21(26)46)3-7-30(50)64-38-29(15-59-40-35(55)33(53)32(52)28(13-43)62-40)63-42(39(36(38)56)65-41-34(54)31(51)24(49)14-58-41)61-27-12-19-22(47)10-18(44)11-25(19)60-37(27)17-4-6-20(45)23(48)9-17/h2-12,24,28-29,31-36,38-43,45-49,51-56H,13-15H2,1H3/t24-,28-,29-,31+,32-,33+,34-,35-,36+,38+,39-,40-,41+,42-/m1/s1. The average molecular weight is 919 g/mol. The quantitative estimate of drug-likeness (QED) is 0.0391. The Balaban J connectivity index is 1.29. The molecule has 7 rings (SSSR count). The first-order chi connectivity index (χ1) is 31.0. The molecule has 12 N–H and O–H groups in total. The summed E-state index contributed by atoms with van der Waals surface area (Å²) in [6, 6.07) is 10.7. The molecule has 23 nitrogen and oxygen atoms in total. The van der Waals surface area contributed by atoms with Crippen LogP contribution in [0.1, 0.15) is 5.56 Å². The lowest BCUT2D eigenvalue weighted by Gasteiger charge is -2.46. The second-order valence-electron chi connectivity index (χ2n) is 15.2. The molecule has 0 bridgehead atoms. The fraction of sp³-hybridized carbons (Fsp3) is 0.429. The van der Waals surface area contributed by atoms with Crippen molar-refractivity contribution in [3.63, 3.8) is 0 Å². The minimum absolute atomic E-state index is 0.0114. The number of carbonyl (C=O) groups excluding carboxylic acids is 1. The molecule has 2 aromatic rings. The van der Waals surface area contributed by atoms with E-state index >= 15 is 0 Å². The van der Waals surface area contributed by atoms with Gasteiger partial charge in [0.25, 0.3) is 0 Å². The summed E-state index contributed by atoms with van der Waals surface area (Å²) < 4.78 is 52.0. The third-order valence-corrected chi connectivity index (χ3v) is 10.8. The highest BCUT2D eigenvalue weighted by Crippen LogP contribution is 2.44. The van der Waals surface area contributed by atoms with Crippen molar-refractivity contribution in [2.45, 2.75) is 86.0 Å². The lowest BCUT2D eigenvalue weighted by molar-refractivity contribution is -0.353. The number of aromatic hydroxyl groups is 4. The normalized spacial score (nSPS) is 31.8. The molecule has 5 aliphatic rings. The molecular formula is C42H46O23. The number of esters is 1. The van der Waals surface area contributed by atoms with Crippen molar-refractivity contribution in [2.75, 3.05) is 26.9 Å². The third kappa shape index (κ3) is 10.1. The lowest BCUT2D eigenvalue weighted by Crippen LogP contribution is -2.65. The Hall–Kier alpha value is -5.64. The number of benzene rings is 3. The van der Waals surface area contributed by atoms with E-state index in [1.165, 1.54) is 43.5 Å². The van der Waals surface area contributed by atoms with Gasteiger partial charge in [-0.05, 0) is 48.0 Å². The molecule has 1 aliphatic carbocycles. The van der Waals surface area contributed by atoms with Crippen molar-refractivity contribution in [3.05, 3.63) is 76.5 Å². The summed E-state index contributed by atoms with van der Waals surface area (Å²) >= 11 is 0. The molecule has 3 fully saturated rings. The Morgan fingerprint density at radius 3 is 2.17 bits per heavy atom. The number of aliphatic hydroxyl groups is 8. The van der Waals surface area contributed by atoms with Crippen LogP contribution in [-0.2, 0) is 33.2 Å². The number of ether oxygens (including phenoxy) is 8. The van der Waals surface area contributed by atoms with Gasteiger partial charge < -0.3 is 104 Å². The average Bonchev–Trinajstić information content (AvgIpc) is 3.28. The molecule has 0 aromatic heterocycles. The number of phenolic OH excluding ortho intramolecular Hbond substituents is 4. The number of rotatable bonds is 13. The number of hydrogen-bond donors (Lipinski definition) is 12. The van der Waals surface area contributed by atoms with Crippen LogP contribution in [0.2, 0.25) is 0 Å². The second-order valence-corrected chi connectivity index (χ2v) is 15.2. The molecule has 352 valence electrons. The van der Waals surface area contributed by atoms with Crippen LogP contribution in [0.25, 0.3) is 28.7 Å². The number of methoxy groups -OCH3 is 1. The SMILES string of the molecule is COc1cc(C=CC(=O)O[C@@H]2[C@H](O)[C@@H](O[C@@H]3OC[C@@H](O)[C@H](O)[C@H]3O)[C@H](Oc3cc4c(O)cc(=O)cc-4oc3-c3ccc(O)c(O)c3)O[C@@H]2CO[C@@H]2O[C@H](CO)[C@@H](O)[C@H](O)[C@H]2O)ccc1O. The predicted molar refractivity (Wildman–Crippen MR) is 213 cm³/mol. The van der Waals surface area contributed by atoms with Crippen LogP contribution in [-0.4, -0.2) is 180 Å². The maximum absolute atomic E-state index is 13.5. The van der Waals surface area contributed by atoms with E-state index in [4.69, 9.17) is 42.3 Å². The summed E-state index contributed by atoms with van der Waals surface area (Å²) in [6.45, 7) is -2.19. The first-order valence-electron chi connectivity index (χ1n) is 19.8. The van der Waals surface area contributed by atoms with Gasteiger partial charge in [0, 0.05) is 23.8 Å². The molecule has 2 aromatic carbocycles. The molecule has 0 saturated carbocycles. The van der Waals surface area contributed by atoms with Crippen LogP contribution >= 0.6 is 0 Å². The summed E-state index contributed by atoms with van der Waals surface area (Å²) in [6.07, 6.45) is -23.3. The summed E-state index contributed by atoms with van der Waals surface area (Å²) in [7, 11) is 1.31. The monoisotopic (exact) mass is 918 g/mol. The maximum atomic E-state index is 13.5. The summed E-state index contributed by atoms with van der Waals surface area (Å²) in [5.41, 5.74) is -0.389. The van der Waals surface area contributed by atoms with Gasteiger partial charge in [-0.25, -0.2) is 4.79 Å². The van der Waals surface area contributed by atoms with Crippen molar-refractivity contribution < 1.29 is 108 Å². The van der Waals surface area contributed by atoms with E-state index < -0.39 is 134 Å². The van der Waals surface area contributed by atoms with Crippen molar-refractivity contribution >= 4 is 12.0 Å². The summed E-state index contributed by atoms with van der Waals surface area (Å²) in [4.78, 5) is 25.9. The smallest absolute Gasteiger partial charge is 0.331 e. The Morgan fingerprint density at radius 2 is 1.45 bits per heavy atom. The summed E-state index contributed by atoms with van der Waals surface area (Å²) in [5, 5.41) is 126. The minimum Gasteiger partial charge on any atom is -0.507 e. The van der Waals surface area contributed by atoms with Crippen LogP contribution in [0, 0.1) is 0 Å². The highest BCUT2D eigenvalue weighted by molar-refractivity contribution is 5.87. The van der Waals surface area contributed by atoms with Crippen LogP contribution < -0.4 is 14.9 Å². The highest BCUT2D eigenvalue weighted by Gasteiger charge is 2.53. The van der Waals surface area contributed by atoms with Crippen molar-refractivity contribution in [1.82, 2.24) is 0 Å². The van der Waals surface area contributed by atoms with Gasteiger partial charge in [0.05, 0.1) is 32.5 Å². The maximum Gasteiger partial charge on any atom is 0.331 e. The van der Waals surface area contributed by atoms with E-state index in [9.17, 15) is 70.9 Å². The molecule has 23 heteroatoms. The van der Waals surface area contributed by atoms with Crippen molar-refractivity contribution in [1.29, 1.82) is 0 Å². The Morgan fingerprint density at radius 1 is 0.723 bits per heavy atom. The predicted octanol–water partition coefficient (Wildman–Crippen LogP) is -2.03. The van der Waals surface area contributed by atoms with Gasteiger partial charge in [0.2, 0.25) is 6.29 Å². The molecule has 3 saturated heterocycles. The summed E-state index contributed by atoms with van der Waals surface area (Å²) in [5.74, 6) is -3.76. The molecule has 0 radical (unpaired) electrons. The van der Waals surface area contributed by atoms with E-state index in [1.54, 1.807) is 0 Å². The van der Waals surface area contributed by atoms with Crippen LogP contribution in [0.3, 0.4) is 0 Å². The van der Waals surface area contributed by atoms with Gasteiger partial charge in [-0.2, -0.15) is 0 Å². The Kier molecular flexibility index (Phi) is 14.5. The van der Waals surface area contributed by atoms with Gasteiger partial charge >= 0.3 is 5.97 Å². The minimum atomic E-state index is -2.10. The highest BCUT2D eigenvalue weighted by atomic mass is 16.8. The van der Waals surface area contributed by atoms with Gasteiger partial charge in [-0.15, -0.1) is 0 Å². The number of carbonyl (C=O) groups is 1. The third-order valence-electron chi connectivity index (χ3n) is 10.8. The molecule has 65 heavy (non-hydrogen) atoms. The molecule has 0 spiro atoms. The van der Waals surface area contributed by atoms with Crippen LogP contribution in [0.5, 0.6) is 34.5 Å². The number of hydrogen-bond acceptors (Lipinski definition) is 23. The molecule has 14 atom stereocenters. The zero-order chi connectivity index (χ0) is 46.9. The van der Waals surface area contributed by atoms with Gasteiger partial charge in [-0.1, -0.05) is 6.07 Å². The van der Waals surface area contributed by atoms with E-state index in [-0.39, 0.29) is 39.9 Å². The topological polar surface area (TPSA) is 364 Å². The van der Waals surface area contributed by atoms with Crippen molar-refractivity contribution in [2.24, 2.45) is 0 Å². The first-order valence-corrected chi connectivity index (χ1v) is 19.8. The van der Waals surface area contributed by atoms with Gasteiger partial charge in [0.15, 0.2) is 64.7 Å².